The van der Waals surface area contributed by atoms with Crippen LogP contribution in [0.4, 0.5) is 4.39 Å². The number of nitrogens with one attached hydrogen (secondary N) is 1. The summed E-state index contributed by atoms with van der Waals surface area (Å²) in [5, 5.41) is 13.3. The Morgan fingerprint density at radius 1 is 1.06 bits per heavy atom. The van der Waals surface area contributed by atoms with E-state index in [-0.39, 0.29) is 22.2 Å². The first-order valence-electron chi connectivity index (χ1n) is 10.4. The van der Waals surface area contributed by atoms with Crippen molar-refractivity contribution in [1.29, 1.82) is 0 Å². The van der Waals surface area contributed by atoms with Gasteiger partial charge >= 0.3 is 0 Å². The number of carbonyl (C=O) groups is 1. The molecule has 0 aliphatic carbocycles. The van der Waals surface area contributed by atoms with Crippen LogP contribution in [0, 0.1) is 19.7 Å². The van der Waals surface area contributed by atoms with E-state index in [1.807, 2.05) is 66.9 Å². The quantitative estimate of drug-likeness (QED) is 0.207. The third-order valence-electron chi connectivity index (χ3n) is 4.95. The SMILES string of the molecule is Cc1ccc(-c2nnc(SCC(=O)N/N=C/c3c(F)cccc3Cl)n2-c2ccc(C)cc2)cc1. The fourth-order valence-corrected chi connectivity index (χ4v) is 4.10. The second-order valence-corrected chi connectivity index (χ2v) is 8.91. The molecule has 0 fully saturated rings. The monoisotopic (exact) mass is 493 g/mol. The Morgan fingerprint density at radius 2 is 1.74 bits per heavy atom. The predicted octanol–water partition coefficient (Wildman–Crippen LogP) is 5.59. The Balaban J connectivity index is 1.52. The Morgan fingerprint density at radius 3 is 2.41 bits per heavy atom. The normalized spacial score (nSPS) is 11.2. The van der Waals surface area contributed by atoms with E-state index in [0.29, 0.717) is 11.0 Å². The van der Waals surface area contributed by atoms with Crippen molar-refractivity contribution >= 4 is 35.5 Å². The molecule has 0 radical (unpaired) electrons. The first kappa shape index (κ1) is 23.7. The molecule has 1 heterocycles. The van der Waals surface area contributed by atoms with E-state index < -0.39 is 5.82 Å². The van der Waals surface area contributed by atoms with E-state index in [4.69, 9.17) is 11.6 Å². The second kappa shape index (κ2) is 10.6. The van der Waals surface area contributed by atoms with Gasteiger partial charge in [0.25, 0.3) is 5.91 Å². The van der Waals surface area contributed by atoms with E-state index in [9.17, 15) is 9.18 Å². The molecule has 172 valence electrons. The largest absolute Gasteiger partial charge is 0.272 e. The van der Waals surface area contributed by atoms with Crippen LogP contribution in [-0.4, -0.2) is 32.6 Å². The first-order chi connectivity index (χ1) is 16.4. The molecular weight excluding hydrogens is 473 g/mol. The zero-order valence-electron chi connectivity index (χ0n) is 18.5. The third-order valence-corrected chi connectivity index (χ3v) is 6.21. The molecule has 6 nitrogen and oxygen atoms in total. The maximum Gasteiger partial charge on any atom is 0.250 e. The van der Waals surface area contributed by atoms with E-state index in [0.717, 1.165) is 22.4 Å². The molecule has 0 atom stereocenters. The minimum atomic E-state index is -0.519. The summed E-state index contributed by atoms with van der Waals surface area (Å²) in [4.78, 5) is 12.4. The minimum absolute atomic E-state index is 0.0419. The summed E-state index contributed by atoms with van der Waals surface area (Å²) in [6, 6.07) is 20.3. The maximum absolute atomic E-state index is 13.8. The van der Waals surface area contributed by atoms with Gasteiger partial charge in [-0.2, -0.15) is 5.10 Å². The zero-order valence-corrected chi connectivity index (χ0v) is 20.1. The van der Waals surface area contributed by atoms with Crippen LogP contribution in [0.5, 0.6) is 0 Å². The molecular formula is C25H21ClFN5OS. The standard InChI is InChI=1S/C25H21ClFN5OS/c1-16-6-10-18(11-7-16)24-30-31-25(32(24)19-12-8-17(2)9-13-19)34-15-23(33)29-28-14-20-21(26)4-3-5-22(20)27/h3-14H,15H2,1-2H3,(H,29,33)/b28-14+. The lowest BCUT2D eigenvalue weighted by Gasteiger charge is -2.11. The van der Waals surface area contributed by atoms with Gasteiger partial charge in [-0.25, -0.2) is 9.82 Å². The highest BCUT2D eigenvalue weighted by Gasteiger charge is 2.17. The minimum Gasteiger partial charge on any atom is -0.272 e. The van der Waals surface area contributed by atoms with Crippen molar-refractivity contribution < 1.29 is 9.18 Å². The van der Waals surface area contributed by atoms with Crippen molar-refractivity contribution in [2.75, 3.05) is 5.75 Å². The van der Waals surface area contributed by atoms with Gasteiger partial charge in [-0.05, 0) is 38.1 Å². The zero-order chi connectivity index (χ0) is 24.1. The highest BCUT2D eigenvalue weighted by Crippen LogP contribution is 2.28. The fraction of sp³-hybridized carbons (Fsp3) is 0.120. The van der Waals surface area contributed by atoms with E-state index in [1.54, 1.807) is 6.07 Å². The molecule has 3 aromatic carbocycles. The van der Waals surface area contributed by atoms with Gasteiger partial charge in [0.1, 0.15) is 5.82 Å². The van der Waals surface area contributed by atoms with Crippen molar-refractivity contribution in [3.63, 3.8) is 0 Å². The van der Waals surface area contributed by atoms with Crippen molar-refractivity contribution in [2.24, 2.45) is 5.10 Å². The Labute approximate surface area is 205 Å². The molecule has 1 amide bonds. The molecule has 4 rings (SSSR count). The molecule has 0 aliphatic rings. The molecule has 1 N–H and O–H groups in total. The van der Waals surface area contributed by atoms with Gasteiger partial charge in [-0.15, -0.1) is 10.2 Å². The van der Waals surface area contributed by atoms with Crippen molar-refractivity contribution in [2.45, 2.75) is 19.0 Å². The molecule has 4 aromatic rings. The van der Waals surface area contributed by atoms with Gasteiger partial charge in [0.15, 0.2) is 11.0 Å². The summed E-state index contributed by atoms with van der Waals surface area (Å²) in [5.41, 5.74) is 6.59. The lowest BCUT2D eigenvalue weighted by Crippen LogP contribution is -2.20. The number of thioether (sulfide) groups is 1. The van der Waals surface area contributed by atoms with Crippen LogP contribution >= 0.6 is 23.4 Å². The number of halogens is 2. The van der Waals surface area contributed by atoms with Gasteiger partial charge in [-0.3, -0.25) is 9.36 Å². The molecule has 1 aromatic heterocycles. The van der Waals surface area contributed by atoms with Gasteiger partial charge in [0.05, 0.1) is 17.0 Å². The number of aromatic nitrogens is 3. The van der Waals surface area contributed by atoms with Crippen LogP contribution in [0.1, 0.15) is 16.7 Å². The molecule has 0 saturated carbocycles. The number of hydrogen-bond acceptors (Lipinski definition) is 5. The van der Waals surface area contributed by atoms with E-state index in [1.165, 1.54) is 30.1 Å². The average molecular weight is 494 g/mol. The number of rotatable bonds is 7. The number of benzene rings is 3. The van der Waals surface area contributed by atoms with Gasteiger partial charge in [0, 0.05) is 16.8 Å². The molecule has 0 aliphatic heterocycles. The maximum atomic E-state index is 13.8. The lowest BCUT2D eigenvalue weighted by molar-refractivity contribution is -0.118. The van der Waals surface area contributed by atoms with E-state index in [2.05, 4.69) is 20.7 Å². The van der Waals surface area contributed by atoms with E-state index >= 15 is 0 Å². The Bertz CT molecular complexity index is 1320. The summed E-state index contributed by atoms with van der Waals surface area (Å²) in [7, 11) is 0. The summed E-state index contributed by atoms with van der Waals surface area (Å²) in [6.45, 7) is 4.04. The fourth-order valence-electron chi connectivity index (χ4n) is 3.14. The number of hydrazone groups is 1. The number of nitrogens with zero attached hydrogens (tertiary/aromatic N) is 4. The van der Waals surface area contributed by atoms with Crippen molar-refractivity contribution in [3.8, 4) is 17.1 Å². The molecule has 0 saturated heterocycles. The summed E-state index contributed by atoms with van der Waals surface area (Å²) < 4.78 is 15.7. The topological polar surface area (TPSA) is 72.2 Å². The van der Waals surface area contributed by atoms with Crippen LogP contribution in [0.3, 0.4) is 0 Å². The number of aryl methyl sites for hydroxylation is 2. The van der Waals surface area contributed by atoms with Crippen LogP contribution in [0.25, 0.3) is 17.1 Å². The summed E-state index contributed by atoms with van der Waals surface area (Å²) in [5.74, 6) is -0.169. The molecule has 0 bridgehead atoms. The van der Waals surface area contributed by atoms with Crippen LogP contribution in [0.15, 0.2) is 77.0 Å². The highest BCUT2D eigenvalue weighted by atomic mass is 35.5. The van der Waals surface area contributed by atoms with Crippen molar-refractivity contribution in [1.82, 2.24) is 20.2 Å². The Hall–Kier alpha value is -3.49. The Kier molecular flexibility index (Phi) is 7.40. The molecule has 34 heavy (non-hydrogen) atoms. The molecule has 0 unspecified atom stereocenters. The van der Waals surface area contributed by atoms with Crippen LogP contribution in [-0.2, 0) is 4.79 Å². The van der Waals surface area contributed by atoms with Gasteiger partial charge < -0.3 is 0 Å². The van der Waals surface area contributed by atoms with Crippen molar-refractivity contribution in [3.05, 3.63) is 94.3 Å². The number of carbonyl (C=O) groups excluding carboxylic acids is 1. The predicted molar refractivity (Wildman–Crippen MR) is 134 cm³/mol. The number of hydrogen-bond donors (Lipinski definition) is 1. The average Bonchev–Trinajstić information content (AvgIpc) is 3.24. The smallest absolute Gasteiger partial charge is 0.250 e. The number of amides is 1. The van der Waals surface area contributed by atoms with Gasteiger partial charge in [0.2, 0.25) is 0 Å². The highest BCUT2D eigenvalue weighted by molar-refractivity contribution is 7.99. The first-order valence-corrected chi connectivity index (χ1v) is 11.8. The lowest BCUT2D eigenvalue weighted by atomic mass is 10.1. The summed E-state index contributed by atoms with van der Waals surface area (Å²) >= 11 is 7.20. The van der Waals surface area contributed by atoms with Gasteiger partial charge in [-0.1, -0.05) is 77.0 Å². The molecule has 0 spiro atoms. The summed E-state index contributed by atoms with van der Waals surface area (Å²) in [6.07, 6.45) is 1.19. The second-order valence-electron chi connectivity index (χ2n) is 7.56. The molecule has 9 heteroatoms. The third kappa shape index (κ3) is 5.52. The van der Waals surface area contributed by atoms with Crippen LogP contribution < -0.4 is 5.43 Å². The van der Waals surface area contributed by atoms with Crippen LogP contribution in [0.2, 0.25) is 5.02 Å².